The summed E-state index contributed by atoms with van der Waals surface area (Å²) in [4.78, 5) is 12.1. The molecule has 1 aromatic rings. The second-order valence-corrected chi connectivity index (χ2v) is 6.03. The van der Waals surface area contributed by atoms with Gasteiger partial charge >= 0.3 is 5.97 Å². The Balaban J connectivity index is 2.70. The summed E-state index contributed by atoms with van der Waals surface area (Å²) in [6.07, 6.45) is 2.14. The normalized spacial score (nSPS) is 12.8. The van der Waals surface area contributed by atoms with Crippen molar-refractivity contribution in [2.24, 2.45) is 0 Å². The van der Waals surface area contributed by atoms with E-state index in [1.165, 1.54) is 0 Å². The van der Waals surface area contributed by atoms with Crippen LogP contribution in [0, 0.1) is 0 Å². The zero-order valence-corrected chi connectivity index (χ0v) is 13.2. The maximum absolute atomic E-state index is 12.1. The molecule has 0 amide bonds. The second kappa shape index (κ2) is 7.32. The number of unbranched alkanes of at least 4 members (excludes halogenated alkanes) is 1. The number of hydrogen-bond acceptors (Lipinski definition) is 3. The molecule has 0 saturated carbocycles. The lowest BCUT2D eigenvalue weighted by Crippen LogP contribution is -2.26. The first-order chi connectivity index (χ1) is 9.33. The molecule has 0 heterocycles. The predicted molar refractivity (Wildman–Crippen MR) is 81.1 cm³/mol. The lowest BCUT2D eigenvalue weighted by atomic mass is 10.0. The topological polar surface area (TPSA) is 35.5 Å². The summed E-state index contributed by atoms with van der Waals surface area (Å²) in [6.45, 7) is 10.3. The van der Waals surface area contributed by atoms with E-state index in [4.69, 9.17) is 9.47 Å². The van der Waals surface area contributed by atoms with Gasteiger partial charge in [0.25, 0.3) is 0 Å². The van der Waals surface area contributed by atoms with Gasteiger partial charge in [-0.1, -0.05) is 25.5 Å². The molecule has 0 aliphatic heterocycles. The minimum absolute atomic E-state index is 0.205. The summed E-state index contributed by atoms with van der Waals surface area (Å²) in [5.41, 5.74) is 0.467. The molecule has 0 saturated heterocycles. The summed E-state index contributed by atoms with van der Waals surface area (Å²) in [7, 11) is 0. The van der Waals surface area contributed by atoms with E-state index in [0.717, 1.165) is 24.2 Å². The van der Waals surface area contributed by atoms with Crippen LogP contribution in [-0.4, -0.2) is 18.2 Å². The summed E-state index contributed by atoms with van der Waals surface area (Å²) in [6, 6.07) is 7.68. The van der Waals surface area contributed by atoms with Crippen molar-refractivity contribution < 1.29 is 14.3 Å². The average molecular weight is 278 g/mol. The zero-order valence-electron chi connectivity index (χ0n) is 13.2. The molecule has 3 heteroatoms. The number of esters is 1. The quantitative estimate of drug-likeness (QED) is 0.574. The molecule has 0 spiro atoms. The Labute approximate surface area is 122 Å². The number of carbonyl (C=O) groups is 1. The molecule has 0 N–H and O–H groups in total. The van der Waals surface area contributed by atoms with Crippen LogP contribution >= 0.6 is 0 Å². The fourth-order valence-corrected chi connectivity index (χ4v) is 1.73. The molecule has 1 atom stereocenters. The lowest BCUT2D eigenvalue weighted by Gasteiger charge is -2.22. The van der Waals surface area contributed by atoms with Gasteiger partial charge in [-0.3, -0.25) is 4.79 Å². The maximum Gasteiger partial charge on any atom is 0.313 e. The highest BCUT2D eigenvalue weighted by Gasteiger charge is 2.23. The Kier molecular flexibility index (Phi) is 6.05. The first-order valence-electron chi connectivity index (χ1n) is 7.29. The molecule has 1 aromatic carbocycles. The molecule has 0 aromatic heterocycles. The van der Waals surface area contributed by atoms with Gasteiger partial charge in [0.1, 0.15) is 11.4 Å². The fraction of sp³-hybridized carbons (Fsp3) is 0.588. The third kappa shape index (κ3) is 5.64. The summed E-state index contributed by atoms with van der Waals surface area (Å²) < 4.78 is 11.1. The van der Waals surface area contributed by atoms with Crippen molar-refractivity contribution in [1.82, 2.24) is 0 Å². The van der Waals surface area contributed by atoms with E-state index in [9.17, 15) is 4.79 Å². The van der Waals surface area contributed by atoms with E-state index in [1.807, 2.05) is 52.0 Å². The Hall–Kier alpha value is -1.51. The molecule has 112 valence electrons. The van der Waals surface area contributed by atoms with E-state index in [-0.39, 0.29) is 11.9 Å². The molecular formula is C17H26O3. The van der Waals surface area contributed by atoms with Crippen LogP contribution < -0.4 is 4.74 Å². The van der Waals surface area contributed by atoms with Crippen molar-refractivity contribution in [1.29, 1.82) is 0 Å². The first-order valence-corrected chi connectivity index (χ1v) is 7.29. The van der Waals surface area contributed by atoms with E-state index >= 15 is 0 Å². The number of carbonyl (C=O) groups excluding carboxylic acids is 1. The maximum atomic E-state index is 12.1. The molecule has 3 nitrogen and oxygen atoms in total. The Bertz CT molecular complexity index is 432. The second-order valence-electron chi connectivity index (χ2n) is 6.03. The molecule has 0 radical (unpaired) electrons. The molecule has 1 rings (SSSR count). The third-order valence-electron chi connectivity index (χ3n) is 2.89. The zero-order chi connectivity index (χ0) is 15.2. The average Bonchev–Trinajstić information content (AvgIpc) is 2.36. The Morgan fingerprint density at radius 1 is 1.30 bits per heavy atom. The van der Waals surface area contributed by atoms with E-state index < -0.39 is 5.60 Å². The van der Waals surface area contributed by atoms with Crippen LogP contribution in [0.5, 0.6) is 5.75 Å². The number of rotatable bonds is 6. The minimum Gasteiger partial charge on any atom is -0.494 e. The van der Waals surface area contributed by atoms with Crippen LogP contribution in [0.4, 0.5) is 0 Å². The van der Waals surface area contributed by atoms with Gasteiger partial charge in [0.05, 0.1) is 12.5 Å². The van der Waals surface area contributed by atoms with Crippen molar-refractivity contribution in [2.75, 3.05) is 6.61 Å². The van der Waals surface area contributed by atoms with Crippen LogP contribution in [0.3, 0.4) is 0 Å². The molecule has 0 bridgehead atoms. The van der Waals surface area contributed by atoms with Crippen LogP contribution in [0.25, 0.3) is 0 Å². The van der Waals surface area contributed by atoms with Gasteiger partial charge < -0.3 is 9.47 Å². The number of ether oxygens (including phenoxy) is 2. The summed E-state index contributed by atoms with van der Waals surface area (Å²) in [5.74, 6) is 0.318. The highest BCUT2D eigenvalue weighted by Crippen LogP contribution is 2.24. The van der Waals surface area contributed by atoms with Crippen LogP contribution in [-0.2, 0) is 9.53 Å². The molecule has 0 fully saturated rings. The number of benzene rings is 1. The lowest BCUT2D eigenvalue weighted by molar-refractivity contribution is -0.156. The van der Waals surface area contributed by atoms with Crippen molar-refractivity contribution in [3.63, 3.8) is 0 Å². The monoisotopic (exact) mass is 278 g/mol. The highest BCUT2D eigenvalue weighted by molar-refractivity contribution is 5.78. The van der Waals surface area contributed by atoms with Gasteiger partial charge in [0.2, 0.25) is 0 Å². The van der Waals surface area contributed by atoms with Gasteiger partial charge in [-0.2, -0.15) is 0 Å². The standard InChI is InChI=1S/C17H26O3/c1-6-7-11-19-15-10-8-9-14(12-15)13(2)16(18)20-17(3,4)5/h8-10,12-13H,6-7,11H2,1-5H3. The van der Waals surface area contributed by atoms with Gasteiger partial charge in [0.15, 0.2) is 0 Å². The van der Waals surface area contributed by atoms with Crippen molar-refractivity contribution in [3.8, 4) is 5.75 Å². The molecule has 0 aliphatic rings. The van der Waals surface area contributed by atoms with Gasteiger partial charge in [-0.25, -0.2) is 0 Å². The van der Waals surface area contributed by atoms with Crippen LogP contribution in [0.15, 0.2) is 24.3 Å². The van der Waals surface area contributed by atoms with E-state index in [2.05, 4.69) is 6.92 Å². The summed E-state index contributed by atoms with van der Waals surface area (Å²) >= 11 is 0. The number of hydrogen-bond donors (Lipinski definition) is 0. The van der Waals surface area contributed by atoms with Crippen molar-refractivity contribution in [3.05, 3.63) is 29.8 Å². The Morgan fingerprint density at radius 3 is 2.60 bits per heavy atom. The smallest absolute Gasteiger partial charge is 0.313 e. The van der Waals surface area contributed by atoms with Crippen molar-refractivity contribution >= 4 is 5.97 Å². The van der Waals surface area contributed by atoms with Gasteiger partial charge in [-0.15, -0.1) is 0 Å². The molecule has 20 heavy (non-hydrogen) atoms. The SMILES string of the molecule is CCCCOc1cccc(C(C)C(=O)OC(C)(C)C)c1. The predicted octanol–water partition coefficient (Wildman–Crippen LogP) is 4.31. The van der Waals surface area contributed by atoms with Crippen LogP contribution in [0.1, 0.15) is 58.9 Å². The highest BCUT2D eigenvalue weighted by atomic mass is 16.6. The van der Waals surface area contributed by atoms with Crippen molar-refractivity contribution in [2.45, 2.75) is 59.0 Å². The summed E-state index contributed by atoms with van der Waals surface area (Å²) in [5, 5.41) is 0. The Morgan fingerprint density at radius 2 is 2.00 bits per heavy atom. The molecular weight excluding hydrogens is 252 g/mol. The third-order valence-corrected chi connectivity index (χ3v) is 2.89. The minimum atomic E-state index is -0.458. The van der Waals surface area contributed by atoms with E-state index in [1.54, 1.807) is 0 Å². The van der Waals surface area contributed by atoms with E-state index in [0.29, 0.717) is 6.61 Å². The largest absolute Gasteiger partial charge is 0.494 e. The molecule has 1 unspecified atom stereocenters. The van der Waals surface area contributed by atoms with Crippen LogP contribution in [0.2, 0.25) is 0 Å². The van der Waals surface area contributed by atoms with Gasteiger partial charge in [0, 0.05) is 0 Å². The first kappa shape index (κ1) is 16.5. The molecule has 0 aliphatic carbocycles. The fourth-order valence-electron chi connectivity index (χ4n) is 1.73. The van der Waals surface area contributed by atoms with Gasteiger partial charge in [-0.05, 0) is 51.8 Å².